The summed E-state index contributed by atoms with van der Waals surface area (Å²) in [4.78, 5) is 14.0. The Morgan fingerprint density at radius 3 is 2.42 bits per heavy atom. The molecule has 26 heavy (non-hydrogen) atoms. The van der Waals surface area contributed by atoms with Gasteiger partial charge in [0.1, 0.15) is 11.8 Å². The first-order valence-electron chi connectivity index (χ1n) is 8.34. The molecule has 0 aliphatic carbocycles. The molecule has 2 aromatic carbocycles. The molecule has 1 aliphatic heterocycles. The average Bonchev–Trinajstić information content (AvgIpc) is 2.65. The largest absolute Gasteiger partial charge is 0.468 e. The van der Waals surface area contributed by atoms with Gasteiger partial charge in [-0.2, -0.15) is 8.42 Å². The monoisotopic (exact) mass is 375 g/mol. The Morgan fingerprint density at radius 1 is 1.08 bits per heavy atom. The first kappa shape index (κ1) is 18.4. The van der Waals surface area contributed by atoms with E-state index in [9.17, 15) is 13.2 Å². The van der Waals surface area contributed by atoms with Crippen molar-refractivity contribution in [1.29, 1.82) is 0 Å². The van der Waals surface area contributed by atoms with Gasteiger partial charge in [0.25, 0.3) is 0 Å². The van der Waals surface area contributed by atoms with Crippen LogP contribution in [0.2, 0.25) is 0 Å². The first-order valence-corrected chi connectivity index (χ1v) is 9.92. The lowest BCUT2D eigenvalue weighted by atomic mass is 9.94. The molecule has 0 fully saturated rings. The molecular formula is C19H21NO5S. The highest BCUT2D eigenvalue weighted by atomic mass is 32.2. The van der Waals surface area contributed by atoms with Crippen LogP contribution in [0.5, 0.6) is 5.75 Å². The molecule has 0 N–H and O–H groups in total. The molecule has 0 saturated carbocycles. The van der Waals surface area contributed by atoms with Gasteiger partial charge in [-0.05, 0) is 29.7 Å². The zero-order chi connectivity index (χ0) is 18.6. The summed E-state index contributed by atoms with van der Waals surface area (Å²) in [6.07, 6.45) is 0.502. The van der Waals surface area contributed by atoms with Gasteiger partial charge in [-0.15, -0.1) is 0 Å². The molecule has 0 bridgehead atoms. The molecule has 2 aromatic rings. The minimum atomic E-state index is -3.76. The number of rotatable bonds is 6. The van der Waals surface area contributed by atoms with Crippen molar-refractivity contribution in [3.05, 3.63) is 65.7 Å². The van der Waals surface area contributed by atoms with Crippen LogP contribution in [0.15, 0.2) is 54.6 Å². The van der Waals surface area contributed by atoms with Gasteiger partial charge in [0, 0.05) is 13.1 Å². The highest BCUT2D eigenvalue weighted by Gasteiger charge is 2.33. The van der Waals surface area contributed by atoms with E-state index < -0.39 is 16.2 Å². The maximum Gasteiger partial charge on any atom is 0.323 e. The summed E-state index contributed by atoms with van der Waals surface area (Å²) >= 11 is 0. The standard InChI is InChI=1S/C19H21NO5S/c1-24-19(21)18-13-15-7-5-6-8-16(15)14-20(18)11-12-26(22,23)25-17-9-3-2-4-10-17/h2-10,18H,11-14H2,1H3. The maximum absolute atomic E-state index is 12.3. The summed E-state index contributed by atoms with van der Waals surface area (Å²) in [5.41, 5.74) is 2.18. The lowest BCUT2D eigenvalue weighted by molar-refractivity contribution is -0.147. The number of carbonyl (C=O) groups excluding carboxylic acids is 1. The molecular weight excluding hydrogens is 354 g/mol. The van der Waals surface area contributed by atoms with Gasteiger partial charge in [0.15, 0.2) is 0 Å². The number of benzene rings is 2. The predicted octanol–water partition coefficient (Wildman–Crippen LogP) is 2.00. The van der Waals surface area contributed by atoms with Crippen LogP contribution in [-0.4, -0.2) is 44.7 Å². The van der Waals surface area contributed by atoms with E-state index in [0.717, 1.165) is 11.1 Å². The lowest BCUT2D eigenvalue weighted by Gasteiger charge is -2.34. The Balaban J connectivity index is 1.71. The van der Waals surface area contributed by atoms with E-state index in [4.69, 9.17) is 8.92 Å². The first-order chi connectivity index (χ1) is 12.5. The fraction of sp³-hybridized carbons (Fsp3) is 0.316. The second-order valence-corrected chi connectivity index (χ2v) is 7.83. The van der Waals surface area contributed by atoms with Gasteiger partial charge >= 0.3 is 16.1 Å². The number of carbonyl (C=O) groups is 1. The summed E-state index contributed by atoms with van der Waals surface area (Å²) < 4.78 is 34.6. The minimum absolute atomic E-state index is 0.184. The number of hydrogen-bond acceptors (Lipinski definition) is 6. The van der Waals surface area contributed by atoms with Crippen molar-refractivity contribution in [2.75, 3.05) is 19.4 Å². The fourth-order valence-corrected chi connectivity index (χ4v) is 4.02. The average molecular weight is 375 g/mol. The van der Waals surface area contributed by atoms with Crippen LogP contribution in [0.3, 0.4) is 0 Å². The third-order valence-electron chi connectivity index (χ3n) is 4.41. The summed E-state index contributed by atoms with van der Waals surface area (Å²) in [5, 5.41) is 0. The Bertz CT molecular complexity index is 867. The molecule has 0 saturated heterocycles. The highest BCUT2D eigenvalue weighted by molar-refractivity contribution is 7.87. The third-order valence-corrected chi connectivity index (χ3v) is 5.54. The number of ether oxygens (including phenoxy) is 1. The zero-order valence-electron chi connectivity index (χ0n) is 14.5. The molecule has 0 radical (unpaired) electrons. The van der Waals surface area contributed by atoms with Crippen LogP contribution in [0.4, 0.5) is 0 Å². The molecule has 1 aliphatic rings. The van der Waals surface area contributed by atoms with E-state index in [2.05, 4.69) is 0 Å². The molecule has 6 nitrogen and oxygen atoms in total. The predicted molar refractivity (Wildman–Crippen MR) is 97.2 cm³/mol. The van der Waals surface area contributed by atoms with Gasteiger partial charge in [-0.3, -0.25) is 9.69 Å². The van der Waals surface area contributed by atoms with Crippen LogP contribution in [0, 0.1) is 0 Å². The zero-order valence-corrected chi connectivity index (χ0v) is 15.3. The van der Waals surface area contributed by atoms with E-state index in [0.29, 0.717) is 13.0 Å². The van der Waals surface area contributed by atoms with E-state index >= 15 is 0 Å². The molecule has 3 rings (SSSR count). The van der Waals surface area contributed by atoms with E-state index in [1.807, 2.05) is 29.2 Å². The van der Waals surface area contributed by atoms with Gasteiger partial charge in [0.05, 0.1) is 12.9 Å². The van der Waals surface area contributed by atoms with Gasteiger partial charge in [-0.1, -0.05) is 42.5 Å². The van der Waals surface area contributed by atoms with Gasteiger partial charge in [-0.25, -0.2) is 0 Å². The summed E-state index contributed by atoms with van der Waals surface area (Å²) in [6.45, 7) is 0.681. The Kier molecular flexibility index (Phi) is 5.58. The van der Waals surface area contributed by atoms with Gasteiger partial charge in [0.2, 0.25) is 0 Å². The van der Waals surface area contributed by atoms with Crippen molar-refractivity contribution in [1.82, 2.24) is 4.90 Å². The lowest BCUT2D eigenvalue weighted by Crippen LogP contribution is -2.47. The summed E-state index contributed by atoms with van der Waals surface area (Å²) in [7, 11) is -2.42. The summed E-state index contributed by atoms with van der Waals surface area (Å²) in [5.74, 6) is -0.292. The van der Waals surface area contributed by atoms with Crippen LogP contribution in [0.25, 0.3) is 0 Å². The van der Waals surface area contributed by atoms with E-state index in [1.165, 1.54) is 7.11 Å². The summed E-state index contributed by atoms with van der Waals surface area (Å²) in [6, 6.07) is 15.7. The highest BCUT2D eigenvalue weighted by Crippen LogP contribution is 2.24. The topological polar surface area (TPSA) is 72.9 Å². The molecule has 0 spiro atoms. The van der Waals surface area contributed by atoms with Crippen molar-refractivity contribution in [3.63, 3.8) is 0 Å². The molecule has 1 unspecified atom stereocenters. The number of nitrogens with zero attached hydrogens (tertiary/aromatic N) is 1. The number of hydrogen-bond donors (Lipinski definition) is 0. The number of fused-ring (bicyclic) bond motifs is 1. The Morgan fingerprint density at radius 2 is 1.73 bits per heavy atom. The second-order valence-electron chi connectivity index (χ2n) is 6.14. The molecule has 1 heterocycles. The van der Waals surface area contributed by atoms with E-state index in [1.54, 1.807) is 30.3 Å². The quantitative estimate of drug-likeness (QED) is 0.568. The van der Waals surface area contributed by atoms with Crippen LogP contribution < -0.4 is 4.18 Å². The number of para-hydroxylation sites is 1. The SMILES string of the molecule is COC(=O)C1Cc2ccccc2CN1CCS(=O)(=O)Oc1ccccc1. The van der Waals surface area contributed by atoms with Crippen molar-refractivity contribution in [2.45, 2.75) is 19.0 Å². The van der Waals surface area contributed by atoms with Crippen molar-refractivity contribution in [2.24, 2.45) is 0 Å². The Hall–Kier alpha value is -2.38. The fourth-order valence-electron chi connectivity index (χ4n) is 3.07. The number of methoxy groups -OCH3 is 1. The molecule has 138 valence electrons. The minimum Gasteiger partial charge on any atom is -0.468 e. The normalized spacial score (nSPS) is 17.3. The second kappa shape index (κ2) is 7.88. The van der Waals surface area contributed by atoms with Crippen LogP contribution in [-0.2, 0) is 32.6 Å². The van der Waals surface area contributed by atoms with Crippen LogP contribution >= 0.6 is 0 Å². The molecule has 0 aromatic heterocycles. The third kappa shape index (κ3) is 4.42. The van der Waals surface area contributed by atoms with Gasteiger partial charge < -0.3 is 8.92 Å². The van der Waals surface area contributed by atoms with Crippen molar-refractivity contribution in [3.8, 4) is 5.75 Å². The Labute approximate surface area is 153 Å². The maximum atomic E-state index is 12.3. The van der Waals surface area contributed by atoms with Crippen molar-refractivity contribution >= 4 is 16.1 Å². The molecule has 0 amide bonds. The molecule has 7 heteroatoms. The van der Waals surface area contributed by atoms with E-state index in [-0.39, 0.29) is 24.0 Å². The van der Waals surface area contributed by atoms with Crippen LogP contribution in [0.1, 0.15) is 11.1 Å². The van der Waals surface area contributed by atoms with Crippen molar-refractivity contribution < 1.29 is 22.1 Å². The molecule has 1 atom stereocenters. The number of esters is 1. The smallest absolute Gasteiger partial charge is 0.323 e.